The van der Waals surface area contributed by atoms with Gasteiger partial charge in [-0.2, -0.15) is 0 Å². The molecule has 29 heavy (non-hydrogen) atoms. The van der Waals surface area contributed by atoms with Crippen molar-refractivity contribution in [1.29, 1.82) is 0 Å². The molecule has 2 heterocycles. The van der Waals surface area contributed by atoms with Gasteiger partial charge >= 0.3 is 0 Å². The molecule has 0 fully saturated rings. The van der Waals surface area contributed by atoms with E-state index in [1.54, 1.807) is 0 Å². The summed E-state index contributed by atoms with van der Waals surface area (Å²) in [5, 5.41) is 5.07. The predicted molar refractivity (Wildman–Crippen MR) is 118 cm³/mol. The van der Waals surface area contributed by atoms with Crippen LogP contribution in [0.3, 0.4) is 0 Å². The fraction of sp³-hybridized carbons (Fsp3) is 0.231. The molecule has 0 saturated heterocycles. The van der Waals surface area contributed by atoms with Crippen LogP contribution in [-0.4, -0.2) is 11.5 Å². The van der Waals surface area contributed by atoms with E-state index >= 15 is 0 Å². The maximum Gasteiger partial charge on any atom is 0.120 e. The van der Waals surface area contributed by atoms with Gasteiger partial charge in [-0.25, -0.2) is 0 Å². The van der Waals surface area contributed by atoms with Crippen molar-refractivity contribution in [1.82, 2.24) is 10.3 Å². The van der Waals surface area contributed by atoms with Crippen molar-refractivity contribution in [2.75, 3.05) is 6.54 Å². The van der Waals surface area contributed by atoms with Crippen molar-refractivity contribution in [2.45, 2.75) is 32.4 Å². The molecular formula is C26H26N2O. The van der Waals surface area contributed by atoms with Gasteiger partial charge in [-0.3, -0.25) is 0 Å². The van der Waals surface area contributed by atoms with Crippen molar-refractivity contribution in [3.05, 3.63) is 101 Å². The summed E-state index contributed by atoms with van der Waals surface area (Å²) in [5.74, 6) is 0.907. The van der Waals surface area contributed by atoms with E-state index in [0.29, 0.717) is 6.61 Å². The second-order valence-electron chi connectivity index (χ2n) is 7.73. The minimum absolute atomic E-state index is 0.163. The Kier molecular flexibility index (Phi) is 4.82. The molecule has 2 N–H and O–H groups in total. The third kappa shape index (κ3) is 3.54. The first kappa shape index (κ1) is 18.0. The highest BCUT2D eigenvalue weighted by atomic mass is 16.5. The fourth-order valence-corrected chi connectivity index (χ4v) is 4.30. The Balaban J connectivity index is 1.45. The molecule has 146 valence electrons. The van der Waals surface area contributed by atoms with Crippen LogP contribution in [-0.2, 0) is 19.4 Å². The first-order valence-corrected chi connectivity index (χ1v) is 10.5. The van der Waals surface area contributed by atoms with E-state index in [1.165, 1.54) is 38.9 Å². The minimum Gasteiger partial charge on any atom is -0.489 e. The zero-order valence-electron chi connectivity index (χ0n) is 16.7. The van der Waals surface area contributed by atoms with Crippen LogP contribution in [0, 0.1) is 0 Å². The maximum absolute atomic E-state index is 6.06. The molecule has 0 saturated carbocycles. The molecule has 3 aromatic carbocycles. The van der Waals surface area contributed by atoms with E-state index in [9.17, 15) is 0 Å². The lowest BCUT2D eigenvalue weighted by Crippen LogP contribution is -2.30. The number of hydrogen-bond acceptors (Lipinski definition) is 2. The van der Waals surface area contributed by atoms with Crippen LogP contribution < -0.4 is 10.1 Å². The molecule has 3 nitrogen and oxygen atoms in total. The van der Waals surface area contributed by atoms with E-state index in [0.717, 1.165) is 25.1 Å². The quantitative estimate of drug-likeness (QED) is 0.475. The third-order valence-electron chi connectivity index (χ3n) is 5.86. The zero-order chi connectivity index (χ0) is 19.6. The summed E-state index contributed by atoms with van der Waals surface area (Å²) < 4.78 is 6.06. The van der Waals surface area contributed by atoms with Gasteiger partial charge in [-0.1, -0.05) is 55.5 Å². The molecule has 5 rings (SSSR count). The molecule has 4 aromatic rings. The van der Waals surface area contributed by atoms with Crippen molar-refractivity contribution in [3.8, 4) is 5.75 Å². The Bertz CT molecular complexity index is 1130. The molecule has 0 radical (unpaired) electrons. The summed E-state index contributed by atoms with van der Waals surface area (Å²) in [7, 11) is 0. The molecule has 1 aromatic heterocycles. The van der Waals surface area contributed by atoms with Crippen molar-refractivity contribution in [2.24, 2.45) is 0 Å². The van der Waals surface area contributed by atoms with Gasteiger partial charge in [0.25, 0.3) is 0 Å². The number of aryl methyl sites for hydroxylation is 1. The highest BCUT2D eigenvalue weighted by molar-refractivity contribution is 5.86. The Morgan fingerprint density at radius 2 is 1.83 bits per heavy atom. The molecule has 1 aliphatic heterocycles. The zero-order valence-corrected chi connectivity index (χ0v) is 16.7. The van der Waals surface area contributed by atoms with E-state index in [-0.39, 0.29) is 6.04 Å². The number of aromatic amines is 1. The number of rotatable bonds is 5. The van der Waals surface area contributed by atoms with Crippen LogP contribution in [0.25, 0.3) is 10.9 Å². The normalized spacial score (nSPS) is 16.0. The summed E-state index contributed by atoms with van der Waals surface area (Å²) >= 11 is 0. The Labute approximate surface area is 171 Å². The van der Waals surface area contributed by atoms with Crippen LogP contribution in [0.15, 0.2) is 72.8 Å². The highest BCUT2D eigenvalue weighted by Gasteiger charge is 2.25. The lowest BCUT2D eigenvalue weighted by atomic mass is 9.94. The van der Waals surface area contributed by atoms with Gasteiger partial charge in [0, 0.05) is 23.1 Å². The van der Waals surface area contributed by atoms with E-state index < -0.39 is 0 Å². The van der Waals surface area contributed by atoms with Crippen molar-refractivity contribution < 1.29 is 4.74 Å². The van der Waals surface area contributed by atoms with Crippen LogP contribution in [0.5, 0.6) is 5.75 Å². The predicted octanol–water partition coefficient (Wildman–Crippen LogP) is 5.54. The van der Waals surface area contributed by atoms with E-state index in [2.05, 4.69) is 65.8 Å². The highest BCUT2D eigenvalue weighted by Crippen LogP contribution is 2.35. The first-order chi connectivity index (χ1) is 14.3. The number of aromatic nitrogens is 1. The minimum atomic E-state index is 0.163. The molecule has 0 aliphatic carbocycles. The Morgan fingerprint density at radius 3 is 2.69 bits per heavy atom. The molecule has 0 spiro atoms. The summed E-state index contributed by atoms with van der Waals surface area (Å²) in [6, 6.07) is 25.7. The van der Waals surface area contributed by atoms with Gasteiger partial charge in [0.1, 0.15) is 12.4 Å². The third-order valence-corrected chi connectivity index (χ3v) is 5.86. The number of hydrogen-bond donors (Lipinski definition) is 2. The lowest BCUT2D eigenvalue weighted by molar-refractivity contribution is 0.305. The van der Waals surface area contributed by atoms with E-state index in [4.69, 9.17) is 4.74 Å². The fourth-order valence-electron chi connectivity index (χ4n) is 4.30. The number of ether oxygens (including phenoxy) is 1. The Hall–Kier alpha value is -3.04. The second-order valence-corrected chi connectivity index (χ2v) is 7.73. The molecular weight excluding hydrogens is 356 g/mol. The van der Waals surface area contributed by atoms with Crippen LogP contribution in [0.4, 0.5) is 0 Å². The summed E-state index contributed by atoms with van der Waals surface area (Å²) in [6.45, 7) is 3.78. The smallest absolute Gasteiger partial charge is 0.120 e. The monoisotopic (exact) mass is 382 g/mol. The van der Waals surface area contributed by atoms with Gasteiger partial charge in [-0.15, -0.1) is 0 Å². The number of fused-ring (bicyclic) bond motifs is 3. The number of nitrogens with one attached hydrogen (secondary N) is 2. The van der Waals surface area contributed by atoms with Gasteiger partial charge in [-0.05, 0) is 59.4 Å². The standard InChI is InChI=1S/C26H26N2O/c1-2-18-11-12-24-23(15-18)22-13-14-27-25(26(22)28-24)20-9-6-10-21(16-20)29-17-19-7-4-3-5-8-19/h3-12,15-16,25,27-28H,2,13-14,17H2,1H3. The summed E-state index contributed by atoms with van der Waals surface area (Å²) in [4.78, 5) is 3.69. The molecule has 0 bridgehead atoms. The average molecular weight is 383 g/mol. The largest absolute Gasteiger partial charge is 0.489 e. The second kappa shape index (κ2) is 7.76. The summed E-state index contributed by atoms with van der Waals surface area (Å²) in [6.07, 6.45) is 2.13. The van der Waals surface area contributed by atoms with Crippen molar-refractivity contribution >= 4 is 10.9 Å². The number of H-pyrrole nitrogens is 1. The molecule has 1 aliphatic rings. The Morgan fingerprint density at radius 1 is 0.931 bits per heavy atom. The maximum atomic E-state index is 6.06. The molecule has 1 unspecified atom stereocenters. The topological polar surface area (TPSA) is 37.0 Å². The van der Waals surface area contributed by atoms with Crippen LogP contribution in [0.2, 0.25) is 0 Å². The lowest BCUT2D eigenvalue weighted by Gasteiger charge is -2.25. The van der Waals surface area contributed by atoms with Gasteiger partial charge in [0.15, 0.2) is 0 Å². The van der Waals surface area contributed by atoms with Crippen LogP contribution in [0.1, 0.15) is 40.9 Å². The van der Waals surface area contributed by atoms with Gasteiger partial charge < -0.3 is 15.0 Å². The molecule has 1 atom stereocenters. The average Bonchev–Trinajstić information content (AvgIpc) is 3.16. The SMILES string of the molecule is CCc1ccc2[nH]c3c(c2c1)CCNC3c1cccc(OCc2ccccc2)c1. The van der Waals surface area contributed by atoms with Gasteiger partial charge in [0.2, 0.25) is 0 Å². The van der Waals surface area contributed by atoms with Gasteiger partial charge in [0.05, 0.1) is 6.04 Å². The first-order valence-electron chi connectivity index (χ1n) is 10.5. The number of benzene rings is 3. The van der Waals surface area contributed by atoms with Crippen LogP contribution >= 0.6 is 0 Å². The van der Waals surface area contributed by atoms with E-state index in [1.807, 2.05) is 24.3 Å². The molecule has 0 amide bonds. The van der Waals surface area contributed by atoms with Crippen molar-refractivity contribution in [3.63, 3.8) is 0 Å². The summed E-state index contributed by atoms with van der Waals surface area (Å²) in [5.41, 5.74) is 7.79. The molecule has 3 heteroatoms.